The molecule has 0 spiro atoms. The van der Waals surface area contributed by atoms with Gasteiger partial charge in [-0.25, -0.2) is 4.79 Å². The number of esters is 2. The van der Waals surface area contributed by atoms with Crippen LogP contribution < -0.4 is 0 Å². The third-order valence-electron chi connectivity index (χ3n) is 2.13. The molecule has 110 valence electrons. The lowest BCUT2D eigenvalue weighted by Crippen LogP contribution is -2.14. The molecular formula is C13H22O6. The summed E-state index contributed by atoms with van der Waals surface area (Å²) in [7, 11) is 3.14. The number of hydrogen-bond donors (Lipinski definition) is 0. The molecule has 0 saturated carbocycles. The van der Waals surface area contributed by atoms with E-state index in [1.165, 1.54) is 0 Å². The van der Waals surface area contributed by atoms with Crippen molar-refractivity contribution in [2.75, 3.05) is 40.6 Å². The van der Waals surface area contributed by atoms with Crippen molar-refractivity contribution < 1.29 is 28.5 Å². The fraction of sp³-hybridized carbons (Fsp3) is 0.692. The summed E-state index contributed by atoms with van der Waals surface area (Å²) in [4.78, 5) is 22.8. The van der Waals surface area contributed by atoms with Gasteiger partial charge in [-0.3, -0.25) is 4.79 Å². The Morgan fingerprint density at radius 2 is 1.42 bits per heavy atom. The first kappa shape index (κ1) is 17.6. The number of carbonyl (C=O) groups excluding carboxylic acids is 2. The van der Waals surface area contributed by atoms with Crippen LogP contribution in [0.15, 0.2) is 12.2 Å². The Balaban J connectivity index is 3.70. The second-order valence-electron chi connectivity index (χ2n) is 3.83. The number of methoxy groups -OCH3 is 2. The van der Waals surface area contributed by atoms with E-state index in [1.54, 1.807) is 14.2 Å². The van der Waals surface area contributed by atoms with E-state index in [9.17, 15) is 9.59 Å². The fourth-order valence-electron chi connectivity index (χ4n) is 1.16. The van der Waals surface area contributed by atoms with Crippen LogP contribution >= 0.6 is 0 Å². The first-order valence-corrected chi connectivity index (χ1v) is 6.10. The molecule has 0 bridgehead atoms. The predicted molar refractivity (Wildman–Crippen MR) is 68.7 cm³/mol. The maximum atomic E-state index is 11.4. The molecule has 0 heterocycles. The highest BCUT2D eigenvalue weighted by Crippen LogP contribution is 2.04. The molecule has 6 heteroatoms. The summed E-state index contributed by atoms with van der Waals surface area (Å²) in [5.74, 6) is -1.07. The van der Waals surface area contributed by atoms with Crippen LogP contribution in [0.2, 0.25) is 0 Å². The zero-order valence-corrected chi connectivity index (χ0v) is 11.6. The third kappa shape index (κ3) is 10.2. The molecule has 0 saturated heterocycles. The third-order valence-corrected chi connectivity index (χ3v) is 2.13. The summed E-state index contributed by atoms with van der Waals surface area (Å²) < 4.78 is 19.4. The van der Waals surface area contributed by atoms with Crippen molar-refractivity contribution in [2.24, 2.45) is 0 Å². The van der Waals surface area contributed by atoms with Gasteiger partial charge in [-0.05, 0) is 0 Å². The maximum absolute atomic E-state index is 11.4. The van der Waals surface area contributed by atoms with Gasteiger partial charge in [0, 0.05) is 45.8 Å². The zero-order valence-electron chi connectivity index (χ0n) is 11.6. The molecule has 6 nitrogen and oxygen atoms in total. The molecule has 0 unspecified atom stereocenters. The second-order valence-corrected chi connectivity index (χ2v) is 3.83. The summed E-state index contributed by atoms with van der Waals surface area (Å²) in [5.41, 5.74) is 0.0918. The van der Waals surface area contributed by atoms with Gasteiger partial charge in [0.15, 0.2) is 0 Å². The minimum atomic E-state index is -0.579. The van der Waals surface area contributed by atoms with E-state index in [-0.39, 0.29) is 25.2 Å². The molecule has 0 aliphatic rings. The monoisotopic (exact) mass is 274 g/mol. The number of hydrogen-bond acceptors (Lipinski definition) is 6. The van der Waals surface area contributed by atoms with Gasteiger partial charge >= 0.3 is 11.9 Å². The summed E-state index contributed by atoms with van der Waals surface area (Å²) in [6, 6.07) is 0. The normalized spacial score (nSPS) is 10.0. The second kappa shape index (κ2) is 11.7. The largest absolute Gasteiger partial charge is 0.465 e. The number of carbonyl (C=O) groups is 2. The van der Waals surface area contributed by atoms with Gasteiger partial charge < -0.3 is 18.9 Å². The molecular weight excluding hydrogens is 252 g/mol. The Morgan fingerprint density at radius 1 is 0.895 bits per heavy atom. The summed E-state index contributed by atoms with van der Waals surface area (Å²) in [6.07, 6.45) is 1.07. The highest BCUT2D eigenvalue weighted by Gasteiger charge is 2.13. The molecule has 0 N–H and O–H groups in total. The zero-order chi connectivity index (χ0) is 14.5. The summed E-state index contributed by atoms with van der Waals surface area (Å²) in [6.45, 7) is 5.06. The standard InChI is InChI=1S/C13H22O6/c1-11(13(15)19-9-5-7-17-3)10-12(14)18-8-4-6-16-2/h1,4-10H2,2-3H3. The molecule has 19 heavy (non-hydrogen) atoms. The number of ether oxygens (including phenoxy) is 4. The van der Waals surface area contributed by atoms with Crippen LogP contribution in [-0.2, 0) is 28.5 Å². The van der Waals surface area contributed by atoms with Gasteiger partial charge in [-0.15, -0.1) is 0 Å². The van der Waals surface area contributed by atoms with Gasteiger partial charge in [-0.2, -0.15) is 0 Å². The molecule has 0 fully saturated rings. The molecule has 0 aromatic heterocycles. The molecule has 0 aliphatic heterocycles. The average Bonchev–Trinajstić information content (AvgIpc) is 2.39. The molecule has 0 aromatic carbocycles. The van der Waals surface area contributed by atoms with Gasteiger partial charge in [0.25, 0.3) is 0 Å². The van der Waals surface area contributed by atoms with E-state index in [0.717, 1.165) is 0 Å². The van der Waals surface area contributed by atoms with Crippen LogP contribution in [0.4, 0.5) is 0 Å². The van der Waals surface area contributed by atoms with Crippen molar-refractivity contribution in [3.05, 3.63) is 12.2 Å². The average molecular weight is 274 g/mol. The van der Waals surface area contributed by atoms with Crippen LogP contribution in [-0.4, -0.2) is 52.6 Å². The first-order chi connectivity index (χ1) is 9.11. The summed E-state index contributed by atoms with van der Waals surface area (Å²) in [5, 5.41) is 0. The van der Waals surface area contributed by atoms with Crippen molar-refractivity contribution in [1.82, 2.24) is 0 Å². The van der Waals surface area contributed by atoms with Crippen molar-refractivity contribution in [3.63, 3.8) is 0 Å². The Labute approximate surface area is 113 Å². The SMILES string of the molecule is C=C(CC(=O)OCCCOC)C(=O)OCCCOC. The van der Waals surface area contributed by atoms with Crippen LogP contribution in [0.1, 0.15) is 19.3 Å². The Morgan fingerprint density at radius 3 is 1.95 bits per heavy atom. The van der Waals surface area contributed by atoms with Crippen molar-refractivity contribution in [2.45, 2.75) is 19.3 Å². The van der Waals surface area contributed by atoms with E-state index in [4.69, 9.17) is 18.9 Å². The summed E-state index contributed by atoms with van der Waals surface area (Å²) >= 11 is 0. The Hall–Kier alpha value is -1.40. The topological polar surface area (TPSA) is 71.1 Å². The fourth-order valence-corrected chi connectivity index (χ4v) is 1.16. The molecule has 0 rings (SSSR count). The van der Waals surface area contributed by atoms with E-state index in [0.29, 0.717) is 26.1 Å². The van der Waals surface area contributed by atoms with Gasteiger partial charge in [0.05, 0.1) is 19.6 Å². The maximum Gasteiger partial charge on any atom is 0.333 e. The minimum Gasteiger partial charge on any atom is -0.465 e. The highest BCUT2D eigenvalue weighted by molar-refractivity contribution is 5.93. The van der Waals surface area contributed by atoms with Crippen molar-refractivity contribution >= 4 is 11.9 Å². The quantitative estimate of drug-likeness (QED) is 0.319. The van der Waals surface area contributed by atoms with Crippen LogP contribution in [0.25, 0.3) is 0 Å². The predicted octanol–water partition coefficient (Wildman–Crippen LogP) is 1.09. The molecule has 0 amide bonds. The molecule has 0 radical (unpaired) electrons. The highest BCUT2D eigenvalue weighted by atomic mass is 16.5. The lowest BCUT2D eigenvalue weighted by Gasteiger charge is -2.07. The molecule has 0 aromatic rings. The Kier molecular flexibility index (Phi) is 10.8. The van der Waals surface area contributed by atoms with Gasteiger partial charge in [0.1, 0.15) is 0 Å². The molecule has 0 atom stereocenters. The van der Waals surface area contributed by atoms with Crippen molar-refractivity contribution in [1.29, 1.82) is 0 Å². The molecule has 0 aliphatic carbocycles. The smallest absolute Gasteiger partial charge is 0.333 e. The van der Waals surface area contributed by atoms with Crippen molar-refractivity contribution in [3.8, 4) is 0 Å². The lowest BCUT2D eigenvalue weighted by atomic mass is 10.2. The number of rotatable bonds is 11. The van der Waals surface area contributed by atoms with Crippen LogP contribution in [0, 0.1) is 0 Å². The minimum absolute atomic E-state index is 0.0918. The van der Waals surface area contributed by atoms with E-state index in [2.05, 4.69) is 6.58 Å². The van der Waals surface area contributed by atoms with E-state index >= 15 is 0 Å². The van der Waals surface area contributed by atoms with E-state index in [1.807, 2.05) is 0 Å². The first-order valence-electron chi connectivity index (χ1n) is 6.10. The van der Waals surface area contributed by atoms with Gasteiger partial charge in [-0.1, -0.05) is 6.58 Å². The van der Waals surface area contributed by atoms with Gasteiger partial charge in [0.2, 0.25) is 0 Å². The van der Waals surface area contributed by atoms with Crippen LogP contribution in [0.5, 0.6) is 0 Å². The van der Waals surface area contributed by atoms with Crippen LogP contribution in [0.3, 0.4) is 0 Å². The lowest BCUT2D eigenvalue weighted by molar-refractivity contribution is -0.146. The van der Waals surface area contributed by atoms with E-state index < -0.39 is 11.9 Å². The Bertz CT molecular complexity index is 287.